The minimum Gasteiger partial charge on any atom is -0.306 e. The van der Waals surface area contributed by atoms with E-state index in [1.807, 2.05) is 0 Å². The van der Waals surface area contributed by atoms with Crippen molar-refractivity contribution in [2.24, 2.45) is 0 Å². The predicted octanol–water partition coefficient (Wildman–Crippen LogP) is 1.86. The molecular formula is C10H8N2O4S. The van der Waals surface area contributed by atoms with Gasteiger partial charge in [-0.2, -0.15) is 0 Å². The lowest BCUT2D eigenvalue weighted by Gasteiger charge is -2.00. The Labute approximate surface area is 98.7 Å². The highest BCUT2D eigenvalue weighted by Crippen LogP contribution is 2.19. The molecule has 0 amide bonds. The van der Waals surface area contributed by atoms with E-state index >= 15 is 0 Å². The minimum atomic E-state index is -1.91. The maximum absolute atomic E-state index is 10.6. The van der Waals surface area contributed by atoms with Gasteiger partial charge in [0.15, 0.2) is 11.1 Å². The Morgan fingerprint density at radius 1 is 1.41 bits per heavy atom. The predicted molar refractivity (Wildman–Crippen MR) is 62.9 cm³/mol. The van der Waals surface area contributed by atoms with E-state index in [1.165, 1.54) is 12.3 Å². The molecule has 0 radical (unpaired) electrons. The van der Waals surface area contributed by atoms with Gasteiger partial charge in [0.05, 0.1) is 16.2 Å². The van der Waals surface area contributed by atoms with Crippen molar-refractivity contribution >= 4 is 27.7 Å². The first-order valence-electron chi connectivity index (χ1n) is 4.67. The zero-order chi connectivity index (χ0) is 12.4. The average molecular weight is 252 g/mol. The van der Waals surface area contributed by atoms with E-state index in [0.717, 1.165) is 0 Å². The Hall–Kier alpha value is -1.86. The first kappa shape index (κ1) is 11.6. The standard InChI is InChI=1S/C10H8N2O4S/c13-12(14)9-4-8-2-1-7(6-17(15)16)3-10(8)11-5-9/h1-5H,6H2,(H,15,16). The molecule has 0 fully saturated rings. The van der Waals surface area contributed by atoms with Crippen LogP contribution in [0, 0.1) is 10.1 Å². The molecule has 6 nitrogen and oxygen atoms in total. The summed E-state index contributed by atoms with van der Waals surface area (Å²) in [6.07, 6.45) is 1.17. The number of benzene rings is 1. The van der Waals surface area contributed by atoms with Crippen molar-refractivity contribution in [2.45, 2.75) is 5.75 Å². The second-order valence-electron chi connectivity index (χ2n) is 3.44. The monoisotopic (exact) mass is 252 g/mol. The van der Waals surface area contributed by atoms with Gasteiger partial charge in [-0.1, -0.05) is 12.1 Å². The lowest BCUT2D eigenvalue weighted by molar-refractivity contribution is -0.385. The first-order valence-corrected chi connectivity index (χ1v) is 5.94. The van der Waals surface area contributed by atoms with Crippen molar-refractivity contribution < 1.29 is 13.7 Å². The minimum absolute atomic E-state index is 0.0224. The van der Waals surface area contributed by atoms with Crippen LogP contribution in [0.2, 0.25) is 0 Å². The topological polar surface area (TPSA) is 93.3 Å². The maximum atomic E-state index is 10.6. The number of hydrogen-bond acceptors (Lipinski definition) is 4. The number of pyridine rings is 1. The van der Waals surface area contributed by atoms with Crippen molar-refractivity contribution in [2.75, 3.05) is 0 Å². The zero-order valence-electron chi connectivity index (χ0n) is 8.57. The largest absolute Gasteiger partial charge is 0.306 e. The summed E-state index contributed by atoms with van der Waals surface area (Å²) in [5.41, 5.74) is 1.16. The van der Waals surface area contributed by atoms with E-state index in [4.69, 9.17) is 4.55 Å². The number of aromatic nitrogens is 1. The van der Waals surface area contributed by atoms with Crippen LogP contribution in [-0.2, 0) is 16.8 Å². The van der Waals surface area contributed by atoms with Gasteiger partial charge in [0.2, 0.25) is 0 Å². The van der Waals surface area contributed by atoms with Gasteiger partial charge < -0.3 is 4.55 Å². The molecule has 1 aromatic carbocycles. The lowest BCUT2D eigenvalue weighted by Crippen LogP contribution is -1.94. The van der Waals surface area contributed by atoms with Gasteiger partial charge in [0, 0.05) is 11.5 Å². The van der Waals surface area contributed by atoms with Gasteiger partial charge in [0.1, 0.15) is 6.20 Å². The Balaban J connectivity index is 2.46. The molecule has 1 N–H and O–H groups in total. The highest BCUT2D eigenvalue weighted by atomic mass is 32.2. The summed E-state index contributed by atoms with van der Waals surface area (Å²) in [6.45, 7) is 0. The van der Waals surface area contributed by atoms with Crippen LogP contribution in [0.15, 0.2) is 30.5 Å². The third-order valence-electron chi connectivity index (χ3n) is 2.24. The molecule has 0 aliphatic carbocycles. The van der Waals surface area contributed by atoms with Crippen LogP contribution >= 0.6 is 0 Å². The molecule has 0 saturated carbocycles. The summed E-state index contributed by atoms with van der Waals surface area (Å²) < 4.78 is 19.4. The molecule has 88 valence electrons. The molecule has 2 aromatic rings. The fourth-order valence-electron chi connectivity index (χ4n) is 1.49. The van der Waals surface area contributed by atoms with Crippen molar-refractivity contribution in [3.05, 3.63) is 46.1 Å². The quantitative estimate of drug-likeness (QED) is 0.511. The van der Waals surface area contributed by atoms with Gasteiger partial charge in [0.25, 0.3) is 5.69 Å². The summed E-state index contributed by atoms with van der Waals surface area (Å²) in [5, 5.41) is 11.2. The Morgan fingerprint density at radius 2 is 2.18 bits per heavy atom. The number of fused-ring (bicyclic) bond motifs is 1. The highest BCUT2D eigenvalue weighted by Gasteiger charge is 2.08. The molecule has 0 aliphatic rings. The van der Waals surface area contributed by atoms with E-state index in [0.29, 0.717) is 16.5 Å². The number of nitrogens with zero attached hydrogens (tertiary/aromatic N) is 2. The summed E-state index contributed by atoms with van der Waals surface area (Å²) >= 11 is -1.91. The Kier molecular flexibility index (Phi) is 3.12. The van der Waals surface area contributed by atoms with Crippen LogP contribution in [-0.4, -0.2) is 18.7 Å². The molecule has 7 heteroatoms. The maximum Gasteiger partial charge on any atom is 0.288 e. The zero-order valence-corrected chi connectivity index (χ0v) is 9.38. The molecule has 1 heterocycles. The summed E-state index contributed by atoms with van der Waals surface area (Å²) in [5.74, 6) is 0.0224. The van der Waals surface area contributed by atoms with Crippen LogP contribution in [0.25, 0.3) is 10.9 Å². The molecule has 17 heavy (non-hydrogen) atoms. The SMILES string of the molecule is O=[N+]([O-])c1cnc2cc(CS(=O)O)ccc2c1. The molecule has 0 saturated heterocycles. The van der Waals surface area contributed by atoms with Gasteiger partial charge >= 0.3 is 0 Å². The Bertz CT molecular complexity index is 614. The fourth-order valence-corrected chi connectivity index (χ4v) is 1.95. The third kappa shape index (κ3) is 2.63. The third-order valence-corrected chi connectivity index (χ3v) is 2.82. The second-order valence-corrected chi connectivity index (χ2v) is 4.38. The van der Waals surface area contributed by atoms with E-state index in [1.54, 1.807) is 18.2 Å². The van der Waals surface area contributed by atoms with E-state index in [2.05, 4.69) is 4.98 Å². The number of nitro groups is 1. The second kappa shape index (κ2) is 4.56. The molecule has 0 aliphatic heterocycles. The van der Waals surface area contributed by atoms with Crippen LogP contribution < -0.4 is 0 Å². The van der Waals surface area contributed by atoms with Gasteiger partial charge in [-0.15, -0.1) is 0 Å². The number of hydrogen-bond donors (Lipinski definition) is 1. The highest BCUT2D eigenvalue weighted by molar-refractivity contribution is 7.78. The van der Waals surface area contributed by atoms with Gasteiger partial charge in [-0.3, -0.25) is 10.1 Å². The van der Waals surface area contributed by atoms with Gasteiger partial charge in [-0.25, -0.2) is 9.19 Å². The van der Waals surface area contributed by atoms with Crippen LogP contribution in [0.3, 0.4) is 0 Å². The molecule has 0 spiro atoms. The molecule has 1 unspecified atom stereocenters. The van der Waals surface area contributed by atoms with E-state index in [-0.39, 0.29) is 11.4 Å². The summed E-state index contributed by atoms with van der Waals surface area (Å²) in [7, 11) is 0. The molecule has 2 rings (SSSR count). The summed E-state index contributed by atoms with van der Waals surface area (Å²) in [6, 6.07) is 6.37. The average Bonchev–Trinajstić information content (AvgIpc) is 2.27. The van der Waals surface area contributed by atoms with Gasteiger partial charge in [-0.05, 0) is 11.6 Å². The fraction of sp³-hybridized carbons (Fsp3) is 0.100. The smallest absolute Gasteiger partial charge is 0.288 e. The van der Waals surface area contributed by atoms with Crippen LogP contribution in [0.5, 0.6) is 0 Å². The van der Waals surface area contributed by atoms with Crippen molar-refractivity contribution in [3.63, 3.8) is 0 Å². The van der Waals surface area contributed by atoms with Crippen molar-refractivity contribution in [1.29, 1.82) is 0 Å². The molecule has 1 aromatic heterocycles. The molecule has 0 bridgehead atoms. The van der Waals surface area contributed by atoms with Crippen molar-refractivity contribution in [3.8, 4) is 0 Å². The summed E-state index contributed by atoms with van der Waals surface area (Å²) in [4.78, 5) is 14.0. The van der Waals surface area contributed by atoms with E-state index < -0.39 is 16.0 Å². The van der Waals surface area contributed by atoms with E-state index in [9.17, 15) is 14.3 Å². The molecule has 1 atom stereocenters. The molecular weight excluding hydrogens is 244 g/mol. The van der Waals surface area contributed by atoms with Crippen LogP contribution in [0.4, 0.5) is 5.69 Å². The Morgan fingerprint density at radius 3 is 2.82 bits per heavy atom. The normalized spacial score (nSPS) is 12.5. The number of rotatable bonds is 3. The first-order chi connectivity index (χ1) is 8.06. The van der Waals surface area contributed by atoms with Crippen molar-refractivity contribution in [1.82, 2.24) is 4.98 Å². The van der Waals surface area contributed by atoms with Crippen LogP contribution in [0.1, 0.15) is 5.56 Å². The lowest BCUT2D eigenvalue weighted by atomic mass is 10.1.